The SMILES string of the molecule is COc1cnc(F)c(Cl)c1C(F)F. The van der Waals surface area contributed by atoms with Gasteiger partial charge in [0.25, 0.3) is 6.43 Å². The number of aromatic nitrogens is 1. The number of hydrogen-bond donors (Lipinski definition) is 0. The van der Waals surface area contributed by atoms with Gasteiger partial charge in [0.15, 0.2) is 0 Å². The summed E-state index contributed by atoms with van der Waals surface area (Å²) in [6.07, 6.45) is -2.03. The summed E-state index contributed by atoms with van der Waals surface area (Å²) >= 11 is 5.27. The summed E-state index contributed by atoms with van der Waals surface area (Å²) in [5.41, 5.74) is -0.670. The van der Waals surface area contributed by atoms with Gasteiger partial charge in [0, 0.05) is 0 Å². The maximum atomic E-state index is 12.6. The lowest BCUT2D eigenvalue weighted by atomic mass is 10.2. The fraction of sp³-hybridized carbons (Fsp3) is 0.286. The zero-order chi connectivity index (χ0) is 10.0. The standard InChI is InChI=1S/C7H5ClF3NO/c1-13-3-2-12-7(11)5(8)4(3)6(9)10/h2,6H,1H3. The van der Waals surface area contributed by atoms with E-state index in [0.717, 1.165) is 6.20 Å². The van der Waals surface area contributed by atoms with Crippen molar-refractivity contribution in [3.05, 3.63) is 22.7 Å². The Morgan fingerprint density at radius 3 is 2.62 bits per heavy atom. The van der Waals surface area contributed by atoms with E-state index in [1.807, 2.05) is 0 Å². The largest absolute Gasteiger partial charge is 0.495 e. The summed E-state index contributed by atoms with van der Waals surface area (Å²) in [4.78, 5) is 3.14. The lowest BCUT2D eigenvalue weighted by Gasteiger charge is -2.08. The highest BCUT2D eigenvalue weighted by molar-refractivity contribution is 6.31. The molecule has 2 nitrogen and oxygen atoms in total. The van der Waals surface area contributed by atoms with E-state index in [1.54, 1.807) is 0 Å². The van der Waals surface area contributed by atoms with Gasteiger partial charge in [-0.05, 0) is 0 Å². The highest BCUT2D eigenvalue weighted by atomic mass is 35.5. The van der Waals surface area contributed by atoms with Crippen LogP contribution in [0.25, 0.3) is 0 Å². The number of rotatable bonds is 2. The summed E-state index contributed by atoms with van der Waals surface area (Å²) in [7, 11) is 1.18. The topological polar surface area (TPSA) is 22.1 Å². The van der Waals surface area contributed by atoms with Crippen molar-refractivity contribution in [2.24, 2.45) is 0 Å². The Morgan fingerprint density at radius 2 is 2.15 bits per heavy atom. The smallest absolute Gasteiger partial charge is 0.269 e. The zero-order valence-electron chi connectivity index (χ0n) is 6.52. The molecule has 1 heterocycles. The Balaban J connectivity index is 3.32. The molecular weight excluding hydrogens is 207 g/mol. The zero-order valence-corrected chi connectivity index (χ0v) is 7.28. The third kappa shape index (κ3) is 1.85. The van der Waals surface area contributed by atoms with Crippen LogP contribution in [0.3, 0.4) is 0 Å². The van der Waals surface area contributed by atoms with Gasteiger partial charge in [-0.25, -0.2) is 13.8 Å². The van der Waals surface area contributed by atoms with Gasteiger partial charge in [-0.3, -0.25) is 0 Å². The van der Waals surface area contributed by atoms with Crippen molar-refractivity contribution < 1.29 is 17.9 Å². The molecule has 1 aromatic heterocycles. The van der Waals surface area contributed by atoms with Crippen molar-refractivity contribution in [2.45, 2.75) is 6.43 Å². The van der Waals surface area contributed by atoms with E-state index in [1.165, 1.54) is 7.11 Å². The molecule has 1 rings (SSSR count). The van der Waals surface area contributed by atoms with E-state index >= 15 is 0 Å². The van der Waals surface area contributed by atoms with Crippen molar-refractivity contribution in [3.8, 4) is 5.75 Å². The summed E-state index contributed by atoms with van der Waals surface area (Å²) < 4.78 is 41.8. The molecule has 72 valence electrons. The number of alkyl halides is 2. The van der Waals surface area contributed by atoms with Crippen LogP contribution in [0.1, 0.15) is 12.0 Å². The Morgan fingerprint density at radius 1 is 1.54 bits per heavy atom. The quantitative estimate of drug-likeness (QED) is 0.702. The lowest BCUT2D eigenvalue weighted by Crippen LogP contribution is -1.98. The second-order valence-corrected chi connectivity index (χ2v) is 2.52. The van der Waals surface area contributed by atoms with Gasteiger partial charge in [0.05, 0.1) is 18.9 Å². The van der Waals surface area contributed by atoms with E-state index in [0.29, 0.717) is 0 Å². The molecule has 0 N–H and O–H groups in total. The number of halogens is 4. The molecule has 0 unspecified atom stereocenters. The monoisotopic (exact) mass is 211 g/mol. The molecule has 1 aromatic rings. The van der Waals surface area contributed by atoms with Gasteiger partial charge in [0.2, 0.25) is 5.95 Å². The molecule has 0 aliphatic rings. The maximum absolute atomic E-state index is 12.6. The van der Waals surface area contributed by atoms with Gasteiger partial charge >= 0.3 is 0 Å². The average Bonchev–Trinajstić information content (AvgIpc) is 2.08. The minimum absolute atomic E-state index is 0.221. The fourth-order valence-corrected chi connectivity index (χ4v) is 1.05. The summed E-state index contributed by atoms with van der Waals surface area (Å²) in [6.45, 7) is 0. The normalized spacial score (nSPS) is 10.6. The van der Waals surface area contributed by atoms with Gasteiger partial charge in [-0.1, -0.05) is 11.6 Å². The van der Waals surface area contributed by atoms with E-state index in [4.69, 9.17) is 11.6 Å². The summed E-state index contributed by atoms with van der Waals surface area (Å²) in [6, 6.07) is 0. The first kappa shape index (κ1) is 10.1. The van der Waals surface area contributed by atoms with Crippen LogP contribution in [-0.2, 0) is 0 Å². The molecule has 0 saturated carbocycles. The first-order valence-corrected chi connectivity index (χ1v) is 3.61. The van der Waals surface area contributed by atoms with Crippen LogP contribution in [-0.4, -0.2) is 12.1 Å². The third-order valence-electron chi connectivity index (χ3n) is 1.42. The average molecular weight is 212 g/mol. The number of ether oxygens (including phenoxy) is 1. The molecule has 6 heteroatoms. The molecule has 0 saturated heterocycles. The number of nitrogens with zero attached hydrogens (tertiary/aromatic N) is 1. The second-order valence-electron chi connectivity index (χ2n) is 2.15. The van der Waals surface area contributed by atoms with Gasteiger partial charge in [-0.15, -0.1) is 0 Å². The molecule has 0 amide bonds. The molecule has 0 spiro atoms. The minimum Gasteiger partial charge on any atom is -0.495 e. The van der Waals surface area contributed by atoms with Crippen molar-refractivity contribution >= 4 is 11.6 Å². The van der Waals surface area contributed by atoms with Crippen molar-refractivity contribution in [3.63, 3.8) is 0 Å². The molecule has 0 bridgehead atoms. The molecule has 13 heavy (non-hydrogen) atoms. The molecule has 0 radical (unpaired) electrons. The van der Waals surface area contributed by atoms with Gasteiger partial charge in [0.1, 0.15) is 10.8 Å². The second kappa shape index (κ2) is 3.83. The van der Waals surface area contributed by atoms with Crippen LogP contribution in [0.15, 0.2) is 6.20 Å². The number of methoxy groups -OCH3 is 1. The van der Waals surface area contributed by atoms with E-state index < -0.39 is 23.0 Å². The van der Waals surface area contributed by atoms with Gasteiger partial charge in [-0.2, -0.15) is 4.39 Å². The Labute approximate surface area is 77.3 Å². The fourth-order valence-electron chi connectivity index (χ4n) is 0.827. The van der Waals surface area contributed by atoms with Crippen LogP contribution < -0.4 is 4.74 Å². The van der Waals surface area contributed by atoms with Crippen LogP contribution >= 0.6 is 11.6 Å². The van der Waals surface area contributed by atoms with Gasteiger partial charge < -0.3 is 4.74 Å². The molecule has 0 aromatic carbocycles. The van der Waals surface area contributed by atoms with E-state index in [9.17, 15) is 13.2 Å². The number of pyridine rings is 1. The van der Waals surface area contributed by atoms with Crippen molar-refractivity contribution in [2.75, 3.05) is 7.11 Å². The molecule has 0 atom stereocenters. The highest BCUT2D eigenvalue weighted by Gasteiger charge is 2.21. The van der Waals surface area contributed by atoms with Crippen LogP contribution in [0, 0.1) is 5.95 Å². The Bertz CT molecular complexity index is 319. The van der Waals surface area contributed by atoms with Crippen molar-refractivity contribution in [1.29, 1.82) is 0 Å². The summed E-state index contributed by atoms with van der Waals surface area (Å²) in [5.74, 6) is -1.35. The maximum Gasteiger partial charge on any atom is 0.269 e. The third-order valence-corrected chi connectivity index (χ3v) is 1.78. The first-order chi connectivity index (χ1) is 6.07. The van der Waals surface area contributed by atoms with E-state index in [-0.39, 0.29) is 5.75 Å². The lowest BCUT2D eigenvalue weighted by molar-refractivity contribution is 0.146. The predicted molar refractivity (Wildman–Crippen MR) is 40.7 cm³/mol. The molecule has 0 aliphatic heterocycles. The predicted octanol–water partition coefficient (Wildman–Crippen LogP) is 2.82. The molecule has 0 fully saturated rings. The minimum atomic E-state index is -2.89. The van der Waals surface area contributed by atoms with Crippen LogP contribution in [0.4, 0.5) is 13.2 Å². The molecular formula is C7H5ClF3NO. The number of hydrogen-bond acceptors (Lipinski definition) is 2. The van der Waals surface area contributed by atoms with E-state index in [2.05, 4.69) is 9.72 Å². The summed E-state index contributed by atoms with van der Waals surface area (Å²) in [5, 5.41) is -0.700. The van der Waals surface area contributed by atoms with Crippen LogP contribution in [0.2, 0.25) is 5.02 Å². The highest BCUT2D eigenvalue weighted by Crippen LogP contribution is 2.35. The first-order valence-electron chi connectivity index (χ1n) is 3.24. The molecule has 0 aliphatic carbocycles. The van der Waals surface area contributed by atoms with Crippen LogP contribution in [0.5, 0.6) is 5.75 Å². The van der Waals surface area contributed by atoms with Crippen molar-refractivity contribution in [1.82, 2.24) is 4.98 Å². The Kier molecular flexibility index (Phi) is 2.98. The Hall–Kier alpha value is -0.970.